The molecular weight excluding hydrogens is 182 g/mol. The number of aromatic nitrogens is 2. The van der Waals surface area contributed by atoms with Gasteiger partial charge in [-0.2, -0.15) is 5.10 Å². The fourth-order valence-electron chi connectivity index (χ4n) is 0.798. The van der Waals surface area contributed by atoms with E-state index in [0.29, 0.717) is 16.5 Å². The third kappa shape index (κ3) is 1.68. The first-order valence-electron chi connectivity index (χ1n) is 3.27. The van der Waals surface area contributed by atoms with Crippen LogP contribution >= 0.6 is 11.6 Å². The van der Waals surface area contributed by atoms with Crippen LogP contribution < -0.4 is 5.32 Å². The highest BCUT2D eigenvalue weighted by atomic mass is 35.5. The Labute approximate surface area is 73.7 Å². The molecule has 0 aliphatic carbocycles. The molecular formula is C6H8ClN3O2. The molecule has 1 aromatic rings. The molecule has 0 aromatic carbocycles. The molecule has 6 heteroatoms. The van der Waals surface area contributed by atoms with E-state index in [0.717, 1.165) is 0 Å². The summed E-state index contributed by atoms with van der Waals surface area (Å²) in [4.78, 5) is 10.3. The number of aliphatic carboxylic acids is 1. The molecule has 0 amide bonds. The third-order valence-corrected chi connectivity index (χ3v) is 1.75. The number of hydrogen-bond donors (Lipinski definition) is 3. The van der Waals surface area contributed by atoms with Gasteiger partial charge in [-0.3, -0.25) is 9.89 Å². The van der Waals surface area contributed by atoms with Gasteiger partial charge in [0.2, 0.25) is 0 Å². The molecule has 0 saturated heterocycles. The van der Waals surface area contributed by atoms with Crippen molar-refractivity contribution in [3.05, 3.63) is 10.7 Å². The van der Waals surface area contributed by atoms with Gasteiger partial charge in [-0.15, -0.1) is 0 Å². The maximum atomic E-state index is 10.3. The number of anilines is 1. The molecule has 0 saturated carbocycles. The number of carboxylic acid groups (broad SMARTS) is 1. The first-order valence-corrected chi connectivity index (χ1v) is 3.65. The number of H-pyrrole nitrogens is 1. The molecule has 0 bridgehead atoms. The van der Waals surface area contributed by atoms with Gasteiger partial charge in [0.25, 0.3) is 0 Å². The quantitative estimate of drug-likeness (QED) is 0.655. The lowest BCUT2D eigenvalue weighted by atomic mass is 10.3. The van der Waals surface area contributed by atoms with Crippen LogP contribution in [0.4, 0.5) is 5.82 Å². The normalized spacial score (nSPS) is 9.83. The summed E-state index contributed by atoms with van der Waals surface area (Å²) in [5, 5.41) is 17.8. The monoisotopic (exact) mass is 189 g/mol. The molecule has 0 aliphatic heterocycles. The zero-order valence-corrected chi connectivity index (χ0v) is 7.14. The number of nitrogens with one attached hydrogen (secondary N) is 2. The first kappa shape index (κ1) is 8.86. The topological polar surface area (TPSA) is 78.0 Å². The molecule has 0 unspecified atom stereocenters. The average Bonchev–Trinajstić information content (AvgIpc) is 2.32. The number of nitrogens with zero attached hydrogens (tertiary/aromatic N) is 1. The van der Waals surface area contributed by atoms with Crippen LogP contribution in [0.15, 0.2) is 0 Å². The number of hydrogen-bond acceptors (Lipinski definition) is 3. The van der Waals surface area contributed by atoms with Crippen LogP contribution in [-0.4, -0.2) is 28.3 Å². The Morgan fingerprint density at radius 3 is 2.92 bits per heavy atom. The van der Waals surface area contributed by atoms with Crippen molar-refractivity contribution in [1.82, 2.24) is 10.2 Å². The van der Waals surface area contributed by atoms with Gasteiger partial charge in [0.1, 0.15) is 5.02 Å². The Balaban J connectivity index is 2.87. The predicted octanol–water partition coefficient (Wildman–Crippen LogP) is 0.732. The van der Waals surface area contributed by atoms with Gasteiger partial charge < -0.3 is 10.4 Å². The number of rotatable bonds is 3. The summed E-state index contributed by atoms with van der Waals surface area (Å²) in [6.07, 6.45) is -0.145. The molecule has 1 rings (SSSR count). The molecule has 0 atom stereocenters. The molecule has 1 heterocycles. The van der Waals surface area contributed by atoms with Gasteiger partial charge in [-0.05, 0) is 0 Å². The lowest BCUT2D eigenvalue weighted by Gasteiger charge is -1.93. The standard InChI is InChI=1S/C6H8ClN3O2/c1-8-6-5(7)3(9-10-6)2-4(11)12/h2H2,1H3,(H,11,12)(H2,8,9,10). The van der Waals surface area contributed by atoms with Crippen LogP contribution in [0.3, 0.4) is 0 Å². The minimum Gasteiger partial charge on any atom is -0.481 e. The van der Waals surface area contributed by atoms with Crippen molar-refractivity contribution in [3.63, 3.8) is 0 Å². The molecule has 0 fully saturated rings. The van der Waals surface area contributed by atoms with Crippen LogP contribution in [0, 0.1) is 0 Å². The highest BCUT2D eigenvalue weighted by molar-refractivity contribution is 6.33. The zero-order chi connectivity index (χ0) is 9.14. The van der Waals surface area contributed by atoms with Crippen molar-refractivity contribution >= 4 is 23.4 Å². The smallest absolute Gasteiger partial charge is 0.309 e. The summed E-state index contributed by atoms with van der Waals surface area (Å²) in [7, 11) is 1.66. The number of carbonyl (C=O) groups is 1. The minimum atomic E-state index is -0.941. The van der Waals surface area contributed by atoms with Crippen molar-refractivity contribution < 1.29 is 9.90 Å². The number of aromatic amines is 1. The van der Waals surface area contributed by atoms with Crippen molar-refractivity contribution in [2.75, 3.05) is 12.4 Å². The Morgan fingerprint density at radius 1 is 1.83 bits per heavy atom. The minimum absolute atomic E-state index is 0.145. The second-order valence-electron chi connectivity index (χ2n) is 2.19. The fourth-order valence-corrected chi connectivity index (χ4v) is 1.04. The largest absolute Gasteiger partial charge is 0.481 e. The van der Waals surface area contributed by atoms with E-state index in [2.05, 4.69) is 15.5 Å². The van der Waals surface area contributed by atoms with Gasteiger partial charge in [0.15, 0.2) is 5.82 Å². The Hall–Kier alpha value is -1.23. The zero-order valence-electron chi connectivity index (χ0n) is 6.39. The molecule has 5 nitrogen and oxygen atoms in total. The Kier molecular flexibility index (Phi) is 2.54. The summed E-state index contributed by atoms with van der Waals surface area (Å²) in [6, 6.07) is 0. The molecule has 12 heavy (non-hydrogen) atoms. The molecule has 0 spiro atoms. The van der Waals surface area contributed by atoms with E-state index in [1.807, 2.05) is 0 Å². The molecule has 0 aliphatic rings. The van der Waals surface area contributed by atoms with Gasteiger partial charge >= 0.3 is 5.97 Å². The Morgan fingerprint density at radius 2 is 2.50 bits per heavy atom. The third-order valence-electron chi connectivity index (χ3n) is 1.34. The molecule has 66 valence electrons. The highest BCUT2D eigenvalue weighted by Gasteiger charge is 2.11. The summed E-state index contributed by atoms with van der Waals surface area (Å²) in [6.45, 7) is 0. The maximum absolute atomic E-state index is 10.3. The number of halogens is 1. The average molecular weight is 190 g/mol. The van der Waals surface area contributed by atoms with Gasteiger partial charge in [-0.1, -0.05) is 11.6 Å². The lowest BCUT2D eigenvalue weighted by Crippen LogP contribution is -2.00. The molecule has 3 N–H and O–H groups in total. The van der Waals surface area contributed by atoms with Gasteiger partial charge in [-0.25, -0.2) is 0 Å². The Bertz CT molecular complexity index is 297. The van der Waals surface area contributed by atoms with Crippen molar-refractivity contribution in [3.8, 4) is 0 Å². The van der Waals surface area contributed by atoms with E-state index in [4.69, 9.17) is 16.7 Å². The van der Waals surface area contributed by atoms with Crippen LogP contribution in [-0.2, 0) is 11.2 Å². The summed E-state index contributed by atoms with van der Waals surface area (Å²) < 4.78 is 0. The molecule has 0 radical (unpaired) electrons. The second-order valence-corrected chi connectivity index (χ2v) is 2.56. The van der Waals surface area contributed by atoms with Crippen molar-refractivity contribution in [2.24, 2.45) is 0 Å². The van der Waals surface area contributed by atoms with Crippen LogP contribution in [0.25, 0.3) is 0 Å². The summed E-state index contributed by atoms with van der Waals surface area (Å²) >= 11 is 5.75. The van der Waals surface area contributed by atoms with E-state index in [-0.39, 0.29) is 6.42 Å². The van der Waals surface area contributed by atoms with Gasteiger partial charge in [0, 0.05) is 7.05 Å². The first-order chi connectivity index (χ1) is 5.65. The van der Waals surface area contributed by atoms with Crippen LogP contribution in [0.1, 0.15) is 5.69 Å². The highest BCUT2D eigenvalue weighted by Crippen LogP contribution is 2.22. The lowest BCUT2D eigenvalue weighted by molar-refractivity contribution is -0.136. The van der Waals surface area contributed by atoms with Crippen LogP contribution in [0.5, 0.6) is 0 Å². The number of carboxylic acids is 1. The van der Waals surface area contributed by atoms with E-state index < -0.39 is 5.97 Å². The van der Waals surface area contributed by atoms with Gasteiger partial charge in [0.05, 0.1) is 12.1 Å². The summed E-state index contributed by atoms with van der Waals surface area (Å²) in [5.74, 6) is -0.476. The van der Waals surface area contributed by atoms with E-state index >= 15 is 0 Å². The maximum Gasteiger partial charge on any atom is 0.309 e. The predicted molar refractivity (Wildman–Crippen MR) is 44.5 cm³/mol. The SMILES string of the molecule is CNc1n[nH]c(CC(=O)O)c1Cl. The fraction of sp³-hybridized carbons (Fsp3) is 0.333. The summed E-state index contributed by atoms with van der Waals surface area (Å²) in [5.41, 5.74) is 0.411. The molecule has 1 aromatic heterocycles. The van der Waals surface area contributed by atoms with Crippen molar-refractivity contribution in [1.29, 1.82) is 0 Å². The van der Waals surface area contributed by atoms with E-state index in [1.165, 1.54) is 0 Å². The second kappa shape index (κ2) is 3.44. The van der Waals surface area contributed by atoms with Crippen LogP contribution in [0.2, 0.25) is 5.02 Å². The van der Waals surface area contributed by atoms with Crippen molar-refractivity contribution in [2.45, 2.75) is 6.42 Å². The van der Waals surface area contributed by atoms with E-state index in [9.17, 15) is 4.79 Å². The van der Waals surface area contributed by atoms with E-state index in [1.54, 1.807) is 7.05 Å².